The number of anilines is 1. The standard InChI is InChI=1S/C21H18N2O3S/c1-13-19(14-7-9-17(25-2)10-8-14)22-21(27-13)23-20(24)16-11-15-5-3-4-6-18(15)26-12-16/h3-11H,12H2,1-2H3,(H,22,23,24). The molecule has 4 rings (SSSR count). The molecule has 0 aliphatic carbocycles. The lowest BCUT2D eigenvalue weighted by Crippen LogP contribution is -2.21. The van der Waals surface area contributed by atoms with Gasteiger partial charge < -0.3 is 9.47 Å². The quantitative estimate of drug-likeness (QED) is 0.724. The van der Waals surface area contributed by atoms with Crippen LogP contribution in [0.15, 0.2) is 54.1 Å². The minimum absolute atomic E-state index is 0.195. The summed E-state index contributed by atoms with van der Waals surface area (Å²) >= 11 is 1.45. The molecule has 6 heteroatoms. The van der Waals surface area contributed by atoms with Gasteiger partial charge >= 0.3 is 0 Å². The number of hydrogen-bond donors (Lipinski definition) is 1. The van der Waals surface area contributed by atoms with Crippen molar-refractivity contribution in [3.63, 3.8) is 0 Å². The van der Waals surface area contributed by atoms with Crippen molar-refractivity contribution in [1.82, 2.24) is 4.98 Å². The van der Waals surface area contributed by atoms with Gasteiger partial charge in [-0.2, -0.15) is 0 Å². The van der Waals surface area contributed by atoms with Gasteiger partial charge in [-0.1, -0.05) is 18.2 Å². The molecule has 136 valence electrons. The van der Waals surface area contributed by atoms with Gasteiger partial charge in [0.1, 0.15) is 18.1 Å². The van der Waals surface area contributed by atoms with Gasteiger partial charge in [-0.15, -0.1) is 11.3 Å². The number of amides is 1. The van der Waals surface area contributed by atoms with Crippen LogP contribution in [0.25, 0.3) is 17.3 Å². The number of aryl methyl sites for hydroxylation is 1. The van der Waals surface area contributed by atoms with Crippen LogP contribution in [0.2, 0.25) is 0 Å². The molecule has 5 nitrogen and oxygen atoms in total. The fourth-order valence-corrected chi connectivity index (χ4v) is 3.72. The van der Waals surface area contributed by atoms with Crippen LogP contribution in [0.3, 0.4) is 0 Å². The summed E-state index contributed by atoms with van der Waals surface area (Å²) in [5.74, 6) is 1.39. The van der Waals surface area contributed by atoms with Crippen molar-refractivity contribution in [3.8, 4) is 22.8 Å². The van der Waals surface area contributed by atoms with E-state index < -0.39 is 0 Å². The Morgan fingerprint density at radius 1 is 1.19 bits per heavy atom. The predicted molar refractivity (Wildman–Crippen MR) is 107 cm³/mol. The Balaban J connectivity index is 1.53. The monoisotopic (exact) mass is 378 g/mol. The van der Waals surface area contributed by atoms with Crippen molar-refractivity contribution >= 4 is 28.5 Å². The van der Waals surface area contributed by atoms with Crippen LogP contribution in [-0.4, -0.2) is 24.6 Å². The van der Waals surface area contributed by atoms with E-state index in [4.69, 9.17) is 9.47 Å². The zero-order valence-electron chi connectivity index (χ0n) is 15.0. The zero-order valence-corrected chi connectivity index (χ0v) is 15.8. The van der Waals surface area contributed by atoms with Crippen LogP contribution < -0.4 is 14.8 Å². The van der Waals surface area contributed by atoms with Crippen molar-refractivity contribution in [1.29, 1.82) is 0 Å². The largest absolute Gasteiger partial charge is 0.497 e. The molecule has 0 saturated carbocycles. The number of ether oxygens (including phenoxy) is 2. The van der Waals surface area contributed by atoms with Gasteiger partial charge in [0.05, 0.1) is 18.4 Å². The van der Waals surface area contributed by atoms with E-state index in [0.717, 1.165) is 33.2 Å². The van der Waals surface area contributed by atoms with Gasteiger partial charge in [-0.25, -0.2) is 4.98 Å². The molecule has 1 aliphatic heterocycles. The van der Waals surface area contributed by atoms with Crippen LogP contribution >= 0.6 is 11.3 Å². The Kier molecular flexibility index (Phi) is 4.64. The third kappa shape index (κ3) is 3.57. The molecule has 0 bridgehead atoms. The molecule has 0 atom stereocenters. The Morgan fingerprint density at radius 2 is 1.96 bits per heavy atom. The summed E-state index contributed by atoms with van der Waals surface area (Å²) in [6.07, 6.45) is 1.86. The molecular formula is C21H18N2O3S. The smallest absolute Gasteiger partial charge is 0.256 e. The fraction of sp³-hybridized carbons (Fsp3) is 0.143. The Hall–Kier alpha value is -3.12. The van der Waals surface area contributed by atoms with E-state index in [9.17, 15) is 4.79 Å². The van der Waals surface area contributed by atoms with Crippen molar-refractivity contribution in [2.75, 3.05) is 19.0 Å². The molecule has 2 aromatic carbocycles. The van der Waals surface area contributed by atoms with E-state index in [1.807, 2.05) is 61.5 Å². The first kappa shape index (κ1) is 17.3. The highest BCUT2D eigenvalue weighted by atomic mass is 32.1. The summed E-state index contributed by atoms with van der Waals surface area (Å²) < 4.78 is 10.8. The molecule has 1 N–H and O–H groups in total. The first-order valence-electron chi connectivity index (χ1n) is 8.49. The van der Waals surface area contributed by atoms with Gasteiger partial charge in [-0.3, -0.25) is 10.1 Å². The van der Waals surface area contributed by atoms with Gasteiger partial charge in [0.25, 0.3) is 5.91 Å². The normalized spacial score (nSPS) is 12.6. The average Bonchev–Trinajstić information content (AvgIpc) is 3.07. The zero-order chi connectivity index (χ0) is 18.8. The van der Waals surface area contributed by atoms with E-state index in [2.05, 4.69) is 10.3 Å². The van der Waals surface area contributed by atoms with Crippen molar-refractivity contribution in [3.05, 3.63) is 64.5 Å². The summed E-state index contributed by atoms with van der Waals surface area (Å²) in [6, 6.07) is 15.4. The number of carbonyl (C=O) groups is 1. The topological polar surface area (TPSA) is 60.5 Å². The molecule has 0 saturated heterocycles. The maximum Gasteiger partial charge on any atom is 0.256 e. The highest BCUT2D eigenvalue weighted by Crippen LogP contribution is 2.32. The number of rotatable bonds is 4. The number of fused-ring (bicyclic) bond motifs is 1. The molecule has 0 unspecified atom stereocenters. The number of thiazole rings is 1. The van der Waals surface area contributed by atoms with Crippen LogP contribution in [-0.2, 0) is 4.79 Å². The molecule has 3 aromatic rings. The summed E-state index contributed by atoms with van der Waals surface area (Å²) in [5, 5.41) is 3.46. The summed E-state index contributed by atoms with van der Waals surface area (Å²) in [5.41, 5.74) is 3.33. The number of para-hydroxylation sites is 1. The predicted octanol–water partition coefficient (Wildman–Crippen LogP) is 4.54. The number of carbonyl (C=O) groups excluding carboxylic acids is 1. The highest BCUT2D eigenvalue weighted by molar-refractivity contribution is 7.16. The third-order valence-corrected chi connectivity index (χ3v) is 5.19. The van der Waals surface area contributed by atoms with E-state index in [0.29, 0.717) is 10.7 Å². The van der Waals surface area contributed by atoms with E-state index in [-0.39, 0.29) is 12.5 Å². The van der Waals surface area contributed by atoms with Gasteiger partial charge in [0.15, 0.2) is 5.13 Å². The molecule has 27 heavy (non-hydrogen) atoms. The van der Waals surface area contributed by atoms with E-state index >= 15 is 0 Å². The molecular weight excluding hydrogens is 360 g/mol. The number of benzene rings is 2. The second kappa shape index (κ2) is 7.25. The molecule has 1 aliphatic rings. The van der Waals surface area contributed by atoms with Crippen molar-refractivity contribution in [2.24, 2.45) is 0 Å². The lowest BCUT2D eigenvalue weighted by Gasteiger charge is -2.16. The molecule has 0 radical (unpaired) electrons. The maximum atomic E-state index is 12.6. The minimum Gasteiger partial charge on any atom is -0.497 e. The van der Waals surface area contributed by atoms with E-state index in [1.54, 1.807) is 7.11 Å². The van der Waals surface area contributed by atoms with Crippen LogP contribution in [0.1, 0.15) is 10.4 Å². The lowest BCUT2D eigenvalue weighted by atomic mass is 10.1. The third-order valence-electron chi connectivity index (χ3n) is 4.30. The Bertz CT molecular complexity index is 1020. The summed E-state index contributed by atoms with van der Waals surface area (Å²) in [7, 11) is 1.64. The van der Waals surface area contributed by atoms with Crippen molar-refractivity contribution < 1.29 is 14.3 Å². The summed E-state index contributed by atoms with van der Waals surface area (Å²) in [6.45, 7) is 2.24. The van der Waals surface area contributed by atoms with Gasteiger partial charge in [-0.05, 0) is 43.3 Å². The molecule has 1 aromatic heterocycles. The SMILES string of the molecule is COc1ccc(-c2nc(NC(=O)C3=Cc4ccccc4OC3)sc2C)cc1. The van der Waals surface area contributed by atoms with Crippen LogP contribution in [0.4, 0.5) is 5.13 Å². The number of aromatic nitrogens is 1. The lowest BCUT2D eigenvalue weighted by molar-refractivity contribution is -0.113. The van der Waals surface area contributed by atoms with E-state index in [1.165, 1.54) is 11.3 Å². The Labute approximate surface area is 161 Å². The first-order chi connectivity index (χ1) is 13.1. The number of nitrogens with zero attached hydrogens (tertiary/aromatic N) is 1. The fourth-order valence-electron chi connectivity index (χ4n) is 2.89. The number of hydrogen-bond acceptors (Lipinski definition) is 5. The van der Waals surface area contributed by atoms with Gasteiger partial charge in [0, 0.05) is 16.0 Å². The molecule has 2 heterocycles. The minimum atomic E-state index is -0.195. The average molecular weight is 378 g/mol. The molecule has 0 spiro atoms. The van der Waals surface area contributed by atoms with Crippen LogP contribution in [0, 0.1) is 6.92 Å². The van der Waals surface area contributed by atoms with Crippen LogP contribution in [0.5, 0.6) is 11.5 Å². The van der Waals surface area contributed by atoms with Crippen molar-refractivity contribution in [2.45, 2.75) is 6.92 Å². The second-order valence-electron chi connectivity index (χ2n) is 6.10. The highest BCUT2D eigenvalue weighted by Gasteiger charge is 2.19. The van der Waals surface area contributed by atoms with Gasteiger partial charge in [0.2, 0.25) is 0 Å². The number of nitrogens with one attached hydrogen (secondary N) is 1. The summed E-state index contributed by atoms with van der Waals surface area (Å²) in [4.78, 5) is 18.2. The number of methoxy groups -OCH3 is 1. The molecule has 0 fully saturated rings. The second-order valence-corrected chi connectivity index (χ2v) is 7.31. The molecule has 1 amide bonds. The maximum absolute atomic E-state index is 12.6. The Morgan fingerprint density at radius 3 is 2.74 bits per heavy atom. The first-order valence-corrected chi connectivity index (χ1v) is 9.31.